The van der Waals surface area contributed by atoms with Crippen LogP contribution in [0.2, 0.25) is 0 Å². The molecule has 0 atom stereocenters. The summed E-state index contributed by atoms with van der Waals surface area (Å²) in [5.74, 6) is 0.269. The van der Waals surface area contributed by atoms with Crippen LogP contribution < -0.4 is 0 Å². The average molecular weight is 358 g/mol. The Hall–Kier alpha value is -1.20. The first-order valence-electron chi connectivity index (χ1n) is 4.80. The second kappa shape index (κ2) is 3.65. The molecule has 1 heterocycles. The van der Waals surface area contributed by atoms with Gasteiger partial charge in [-0.2, -0.15) is 0 Å². The number of phenolic OH excluding ortho intramolecular Hbond substituents is 2. The maximum atomic E-state index is 9.69. The van der Waals surface area contributed by atoms with Crippen LogP contribution in [0, 0.1) is 0 Å². The molecule has 1 aromatic heterocycles. The van der Waals surface area contributed by atoms with Gasteiger partial charge in [-0.25, -0.2) is 0 Å². The summed E-state index contributed by atoms with van der Waals surface area (Å²) in [5.41, 5.74) is 1.30. The molecule has 0 saturated heterocycles. The van der Waals surface area contributed by atoms with Crippen molar-refractivity contribution in [2.45, 2.75) is 0 Å². The van der Waals surface area contributed by atoms with Crippen LogP contribution in [0.5, 0.6) is 11.5 Å². The zero-order valence-corrected chi connectivity index (χ0v) is 11.5. The predicted octanol–water partition coefficient (Wildman–Crippen LogP) is 4.52. The number of phenols is 2. The van der Waals surface area contributed by atoms with Crippen LogP contribution in [0.15, 0.2) is 37.6 Å². The lowest BCUT2D eigenvalue weighted by molar-refractivity contribution is 0.472. The topological polar surface area (TPSA) is 53.6 Å². The van der Waals surface area contributed by atoms with E-state index in [4.69, 9.17) is 4.42 Å². The van der Waals surface area contributed by atoms with Gasteiger partial charge in [-0.3, -0.25) is 0 Å². The van der Waals surface area contributed by atoms with Crippen molar-refractivity contribution in [3.8, 4) is 11.5 Å². The largest absolute Gasteiger partial charge is 0.507 e. The van der Waals surface area contributed by atoms with Gasteiger partial charge in [-0.05, 0) is 56.1 Å². The fraction of sp³-hybridized carbons (Fsp3) is 0. The molecule has 3 rings (SSSR count). The second-order valence-corrected chi connectivity index (χ2v) is 5.23. The third-order valence-corrected chi connectivity index (χ3v) is 4.24. The molecule has 3 aromatic rings. The van der Waals surface area contributed by atoms with Crippen molar-refractivity contribution in [3.63, 3.8) is 0 Å². The van der Waals surface area contributed by atoms with Crippen molar-refractivity contribution in [3.05, 3.63) is 33.2 Å². The SMILES string of the molecule is Oc1ccc2oc3ccc(O)c(Br)c3c2c1Br. The van der Waals surface area contributed by atoms with Crippen LogP contribution in [-0.2, 0) is 0 Å². The summed E-state index contributed by atoms with van der Waals surface area (Å²) in [6.07, 6.45) is 0. The molecule has 0 saturated carbocycles. The van der Waals surface area contributed by atoms with Gasteiger partial charge in [-0.1, -0.05) is 0 Å². The molecule has 5 heteroatoms. The van der Waals surface area contributed by atoms with Crippen LogP contribution in [0.4, 0.5) is 0 Å². The van der Waals surface area contributed by atoms with E-state index in [1.54, 1.807) is 24.3 Å². The molecule has 2 aromatic carbocycles. The molecule has 3 nitrogen and oxygen atoms in total. The van der Waals surface area contributed by atoms with Crippen molar-refractivity contribution >= 4 is 53.8 Å². The minimum Gasteiger partial charge on any atom is -0.507 e. The molecule has 0 amide bonds. The number of fused-ring (bicyclic) bond motifs is 3. The van der Waals surface area contributed by atoms with Crippen LogP contribution in [0.3, 0.4) is 0 Å². The van der Waals surface area contributed by atoms with Gasteiger partial charge >= 0.3 is 0 Å². The Kier molecular flexibility index (Phi) is 2.34. The molecule has 0 bridgehead atoms. The van der Waals surface area contributed by atoms with Gasteiger partial charge < -0.3 is 14.6 Å². The first-order valence-corrected chi connectivity index (χ1v) is 6.39. The molecule has 0 radical (unpaired) electrons. The summed E-state index contributed by atoms with van der Waals surface area (Å²) < 4.78 is 6.75. The molecule has 2 N–H and O–H groups in total. The Morgan fingerprint density at radius 3 is 1.59 bits per heavy atom. The number of hydrogen-bond donors (Lipinski definition) is 2. The minimum absolute atomic E-state index is 0.135. The van der Waals surface area contributed by atoms with Crippen LogP contribution in [0.1, 0.15) is 0 Å². The van der Waals surface area contributed by atoms with E-state index in [9.17, 15) is 10.2 Å². The van der Waals surface area contributed by atoms with Gasteiger partial charge in [0.25, 0.3) is 0 Å². The molecule has 0 unspecified atom stereocenters. The van der Waals surface area contributed by atoms with E-state index >= 15 is 0 Å². The quantitative estimate of drug-likeness (QED) is 0.621. The fourth-order valence-corrected chi connectivity index (χ4v) is 2.90. The standard InChI is InChI=1S/C12H6Br2O3/c13-11-5(15)1-3-7-9(11)10-8(17-7)4-2-6(16)12(10)14/h1-4,15-16H. The summed E-state index contributed by atoms with van der Waals surface area (Å²) in [7, 11) is 0. The Balaban J connectivity index is 2.65. The Morgan fingerprint density at radius 2 is 1.18 bits per heavy atom. The number of furan rings is 1. The zero-order chi connectivity index (χ0) is 12.2. The fourth-order valence-electron chi connectivity index (χ4n) is 1.85. The van der Waals surface area contributed by atoms with Gasteiger partial charge in [0.15, 0.2) is 0 Å². The van der Waals surface area contributed by atoms with E-state index in [-0.39, 0.29) is 11.5 Å². The molecule has 0 fully saturated rings. The summed E-state index contributed by atoms with van der Waals surface area (Å²) in [4.78, 5) is 0. The molecule has 0 aliphatic carbocycles. The lowest BCUT2D eigenvalue weighted by atomic mass is 10.1. The van der Waals surface area contributed by atoms with Crippen LogP contribution >= 0.6 is 31.9 Å². The van der Waals surface area contributed by atoms with Gasteiger partial charge in [0.2, 0.25) is 0 Å². The Labute approximate surface area is 113 Å². The second-order valence-electron chi connectivity index (χ2n) is 3.65. The van der Waals surface area contributed by atoms with Gasteiger partial charge in [0.1, 0.15) is 22.7 Å². The highest BCUT2D eigenvalue weighted by Crippen LogP contribution is 2.44. The highest BCUT2D eigenvalue weighted by Gasteiger charge is 2.16. The number of rotatable bonds is 0. The maximum absolute atomic E-state index is 9.69. The number of benzene rings is 2. The summed E-state index contributed by atoms with van der Waals surface area (Å²) in [5, 5.41) is 20.9. The predicted molar refractivity (Wildman–Crippen MR) is 72.4 cm³/mol. The van der Waals surface area contributed by atoms with Crippen molar-refractivity contribution in [1.29, 1.82) is 0 Å². The summed E-state index contributed by atoms with van der Waals surface area (Å²) in [6.45, 7) is 0. The number of halogens is 2. The number of aromatic hydroxyl groups is 2. The van der Waals surface area contributed by atoms with Gasteiger partial charge in [-0.15, -0.1) is 0 Å². The first kappa shape index (κ1) is 10.9. The molecule has 17 heavy (non-hydrogen) atoms. The van der Waals surface area contributed by atoms with Crippen LogP contribution in [0.25, 0.3) is 21.9 Å². The lowest BCUT2D eigenvalue weighted by Gasteiger charge is -2.00. The van der Waals surface area contributed by atoms with Crippen molar-refractivity contribution in [2.75, 3.05) is 0 Å². The normalized spacial score (nSPS) is 11.4. The molecule has 0 spiro atoms. The maximum Gasteiger partial charge on any atom is 0.136 e. The third-order valence-electron chi connectivity index (χ3n) is 2.64. The highest BCUT2D eigenvalue weighted by atomic mass is 79.9. The van der Waals surface area contributed by atoms with Gasteiger partial charge in [0.05, 0.1) is 8.95 Å². The molecular weight excluding hydrogens is 352 g/mol. The lowest BCUT2D eigenvalue weighted by Crippen LogP contribution is -1.74. The molecular formula is C12H6Br2O3. The van der Waals surface area contributed by atoms with E-state index in [0.717, 1.165) is 10.8 Å². The van der Waals surface area contributed by atoms with E-state index in [1.807, 2.05) is 0 Å². The van der Waals surface area contributed by atoms with Gasteiger partial charge in [0, 0.05) is 10.8 Å². The highest BCUT2D eigenvalue weighted by molar-refractivity contribution is 9.11. The molecule has 0 aliphatic heterocycles. The molecule has 86 valence electrons. The van der Waals surface area contributed by atoms with E-state index in [1.165, 1.54) is 0 Å². The summed E-state index contributed by atoms with van der Waals surface area (Å²) >= 11 is 6.65. The third kappa shape index (κ3) is 1.46. The monoisotopic (exact) mass is 356 g/mol. The van der Waals surface area contributed by atoms with E-state index in [2.05, 4.69) is 31.9 Å². The Bertz CT molecular complexity index is 684. The summed E-state index contributed by atoms with van der Waals surface area (Å²) in [6, 6.07) is 6.50. The van der Waals surface area contributed by atoms with Crippen molar-refractivity contribution in [2.24, 2.45) is 0 Å². The van der Waals surface area contributed by atoms with Crippen molar-refractivity contribution in [1.82, 2.24) is 0 Å². The first-order chi connectivity index (χ1) is 8.09. The average Bonchev–Trinajstić information content (AvgIpc) is 2.69. The Morgan fingerprint density at radius 1 is 0.765 bits per heavy atom. The van der Waals surface area contributed by atoms with E-state index in [0.29, 0.717) is 20.1 Å². The smallest absolute Gasteiger partial charge is 0.136 e. The minimum atomic E-state index is 0.135. The molecule has 0 aliphatic rings. The van der Waals surface area contributed by atoms with Crippen molar-refractivity contribution < 1.29 is 14.6 Å². The van der Waals surface area contributed by atoms with E-state index < -0.39 is 0 Å². The zero-order valence-electron chi connectivity index (χ0n) is 8.37. The van der Waals surface area contributed by atoms with Crippen LogP contribution in [-0.4, -0.2) is 10.2 Å². The number of hydrogen-bond acceptors (Lipinski definition) is 3.